The minimum atomic E-state index is 0.455. The number of nitrogens with one attached hydrogen (secondary N) is 2. The van der Waals surface area contributed by atoms with Gasteiger partial charge in [0.1, 0.15) is 54.8 Å². The van der Waals surface area contributed by atoms with Gasteiger partial charge in [0, 0.05) is 24.9 Å². The molecule has 0 unspecified atom stereocenters. The molecule has 4 heterocycles. The number of nitrogens with zero attached hydrogens (tertiary/aromatic N) is 6. The summed E-state index contributed by atoms with van der Waals surface area (Å²) < 4.78 is 21.4. The van der Waals surface area contributed by atoms with Gasteiger partial charge < -0.3 is 29.6 Å². The van der Waals surface area contributed by atoms with Crippen molar-refractivity contribution in [2.45, 2.75) is 70.9 Å². The largest absolute Gasteiger partial charge is 0.493 e. The molecule has 2 aromatic carbocycles. The molecule has 2 N–H and O–H groups in total. The van der Waals surface area contributed by atoms with Gasteiger partial charge in [-0.1, -0.05) is 12.1 Å². The fourth-order valence-corrected chi connectivity index (χ4v) is 8.45. The Morgan fingerprint density at radius 2 is 1.04 bits per heavy atom. The molecule has 0 atom stereocenters. The van der Waals surface area contributed by atoms with E-state index in [1.54, 1.807) is 28.4 Å². The number of ether oxygens (including phenoxy) is 4. The van der Waals surface area contributed by atoms with Gasteiger partial charge in [0.2, 0.25) is 0 Å². The summed E-state index contributed by atoms with van der Waals surface area (Å²) in [5.41, 5.74) is 4.00. The van der Waals surface area contributed by atoms with Crippen molar-refractivity contribution >= 4 is 54.7 Å². The van der Waals surface area contributed by atoms with Crippen molar-refractivity contribution in [1.82, 2.24) is 19.9 Å². The summed E-state index contributed by atoms with van der Waals surface area (Å²) >= 11 is 2.86. The number of hydrogen-bond donors (Lipinski definition) is 2. The Bertz CT molecular complexity index is 2460. The summed E-state index contributed by atoms with van der Waals surface area (Å²) in [4.78, 5) is 22.2. The molecule has 0 aliphatic heterocycles. The van der Waals surface area contributed by atoms with E-state index in [2.05, 4.69) is 22.8 Å². The number of aryl methyl sites for hydroxylation is 2. The quantitative estimate of drug-likeness (QED) is 0.122. The molecule has 2 aliphatic rings. The van der Waals surface area contributed by atoms with Gasteiger partial charge in [0.05, 0.1) is 39.2 Å². The van der Waals surface area contributed by atoms with E-state index >= 15 is 0 Å². The second-order valence-corrected chi connectivity index (χ2v) is 15.6. The van der Waals surface area contributed by atoms with E-state index in [0.29, 0.717) is 57.7 Å². The van der Waals surface area contributed by atoms with Crippen molar-refractivity contribution in [3.63, 3.8) is 0 Å². The predicted molar refractivity (Wildman–Crippen MR) is 216 cm³/mol. The highest BCUT2D eigenvalue weighted by Crippen LogP contribution is 2.38. The van der Waals surface area contributed by atoms with E-state index in [1.165, 1.54) is 29.1 Å². The molecular weight excluding hydrogens is 733 g/mol. The topological polar surface area (TPSA) is 160 Å². The molecule has 55 heavy (non-hydrogen) atoms. The second-order valence-electron chi connectivity index (χ2n) is 13.6. The lowest BCUT2D eigenvalue weighted by Crippen LogP contribution is -2.27. The standard InChI is InChI=1S/C21H22N4O2S.C20H20N4O2S/c1-12-17(11-22)28-21-19(12)20(23-14-5-4-6-14)24-18(25-21)10-13-7-8-15(26-2)16(9-13)27-3;1-11-16(10-21)27-20-18(11)19(22-13-5-6-13)23-17(24-20)9-12-4-7-14(25-2)15(8-12)26-3/h7-9,14H,4-6,10H2,1-3H3,(H,23,24,25);4,7-8,13H,5-6,9H2,1-3H3,(H,22,23,24). The van der Waals surface area contributed by atoms with Crippen LogP contribution in [0.25, 0.3) is 20.4 Å². The maximum absolute atomic E-state index is 9.43. The third kappa shape index (κ3) is 8.07. The molecular formula is C41H42N8O4S2. The average molecular weight is 775 g/mol. The smallest absolute Gasteiger partial charge is 0.161 e. The summed E-state index contributed by atoms with van der Waals surface area (Å²) in [6.45, 7) is 3.94. The molecule has 0 radical (unpaired) electrons. The zero-order valence-corrected chi connectivity index (χ0v) is 33.3. The summed E-state index contributed by atoms with van der Waals surface area (Å²) in [7, 11) is 6.50. The molecule has 0 amide bonds. The zero-order valence-electron chi connectivity index (χ0n) is 31.7. The van der Waals surface area contributed by atoms with E-state index in [0.717, 1.165) is 91.7 Å². The average Bonchev–Trinajstić information content (AvgIpc) is 3.86. The first-order valence-electron chi connectivity index (χ1n) is 18.1. The van der Waals surface area contributed by atoms with Gasteiger partial charge in [-0.05, 0) is 92.5 Å². The Morgan fingerprint density at radius 1 is 0.618 bits per heavy atom. The molecule has 0 saturated heterocycles. The van der Waals surface area contributed by atoms with Crippen LogP contribution in [0.15, 0.2) is 36.4 Å². The maximum Gasteiger partial charge on any atom is 0.161 e. The van der Waals surface area contributed by atoms with Crippen molar-refractivity contribution in [2.75, 3.05) is 39.1 Å². The van der Waals surface area contributed by atoms with Crippen molar-refractivity contribution in [2.24, 2.45) is 0 Å². The van der Waals surface area contributed by atoms with Gasteiger partial charge in [-0.25, -0.2) is 19.9 Å². The van der Waals surface area contributed by atoms with Crippen LogP contribution < -0.4 is 29.6 Å². The number of benzene rings is 2. The van der Waals surface area contributed by atoms with Crippen molar-refractivity contribution in [3.05, 3.63) is 80.1 Å². The predicted octanol–water partition coefficient (Wildman–Crippen LogP) is 8.50. The van der Waals surface area contributed by atoms with Crippen LogP contribution in [-0.4, -0.2) is 60.5 Å². The van der Waals surface area contributed by atoms with Crippen molar-refractivity contribution in [1.29, 1.82) is 10.5 Å². The molecule has 6 aromatic rings. The zero-order chi connectivity index (χ0) is 38.6. The summed E-state index contributed by atoms with van der Waals surface area (Å²) in [5, 5.41) is 27.8. The van der Waals surface area contributed by atoms with Gasteiger partial charge in [0.15, 0.2) is 23.0 Å². The summed E-state index contributed by atoms with van der Waals surface area (Å²) in [6.07, 6.45) is 7.03. The fraction of sp³-hybridized carbons (Fsp3) is 0.366. The summed E-state index contributed by atoms with van der Waals surface area (Å²) in [6, 6.07) is 17.1. The normalized spacial score (nSPS) is 13.6. The van der Waals surface area contributed by atoms with Crippen molar-refractivity contribution < 1.29 is 18.9 Å². The molecule has 14 heteroatoms. The number of thiophene rings is 2. The van der Waals surface area contributed by atoms with Gasteiger partial charge in [-0.3, -0.25) is 0 Å². The number of methoxy groups -OCH3 is 4. The highest BCUT2D eigenvalue weighted by atomic mass is 32.1. The molecule has 12 nitrogen and oxygen atoms in total. The SMILES string of the molecule is COc1ccc(Cc2nc(NC3CC3)c3c(C)c(C#N)sc3n2)cc1OC.COc1ccc(Cc2nc(NC3CCC3)c3c(C)c(C#N)sc3n2)cc1OC. The Hall–Kier alpha value is -5.70. The Morgan fingerprint density at radius 3 is 1.38 bits per heavy atom. The van der Waals surface area contributed by atoms with Crippen LogP contribution in [0.1, 0.15) is 75.8 Å². The Balaban J connectivity index is 0.000000169. The van der Waals surface area contributed by atoms with Crippen LogP contribution in [0.2, 0.25) is 0 Å². The number of anilines is 2. The van der Waals surface area contributed by atoms with E-state index in [9.17, 15) is 10.5 Å². The number of nitriles is 2. The van der Waals surface area contributed by atoms with Crippen LogP contribution in [0.3, 0.4) is 0 Å². The lowest BCUT2D eigenvalue weighted by molar-refractivity contribution is 0.354. The van der Waals surface area contributed by atoms with Gasteiger partial charge >= 0.3 is 0 Å². The molecule has 2 saturated carbocycles. The molecule has 4 aromatic heterocycles. The van der Waals surface area contributed by atoms with Crippen LogP contribution >= 0.6 is 22.7 Å². The first-order chi connectivity index (χ1) is 26.7. The van der Waals surface area contributed by atoms with Gasteiger partial charge in [-0.15, -0.1) is 22.7 Å². The van der Waals surface area contributed by atoms with Crippen LogP contribution in [0.5, 0.6) is 23.0 Å². The number of hydrogen-bond acceptors (Lipinski definition) is 14. The number of aromatic nitrogens is 4. The number of rotatable bonds is 12. The lowest BCUT2D eigenvalue weighted by Gasteiger charge is -2.27. The molecule has 8 rings (SSSR count). The van der Waals surface area contributed by atoms with Crippen molar-refractivity contribution in [3.8, 4) is 35.1 Å². The van der Waals surface area contributed by atoms with E-state index in [1.807, 2.05) is 50.2 Å². The molecule has 0 spiro atoms. The minimum absolute atomic E-state index is 0.455. The van der Waals surface area contributed by atoms with Gasteiger partial charge in [-0.2, -0.15) is 10.5 Å². The lowest BCUT2D eigenvalue weighted by atomic mass is 9.93. The molecule has 0 bridgehead atoms. The third-order valence-corrected chi connectivity index (χ3v) is 12.0. The van der Waals surface area contributed by atoms with Crippen LogP contribution in [0, 0.1) is 36.5 Å². The highest BCUT2D eigenvalue weighted by molar-refractivity contribution is 7.19. The monoisotopic (exact) mass is 774 g/mol. The molecule has 2 aliphatic carbocycles. The Labute approximate surface area is 328 Å². The highest BCUT2D eigenvalue weighted by Gasteiger charge is 2.25. The van der Waals surface area contributed by atoms with Gasteiger partial charge in [0.25, 0.3) is 0 Å². The second kappa shape index (κ2) is 16.3. The number of fused-ring (bicyclic) bond motifs is 2. The summed E-state index contributed by atoms with van der Waals surface area (Å²) in [5.74, 6) is 5.91. The third-order valence-electron chi connectivity index (χ3n) is 9.86. The van der Waals surface area contributed by atoms with E-state index < -0.39 is 0 Å². The first kappa shape index (κ1) is 37.6. The minimum Gasteiger partial charge on any atom is -0.493 e. The maximum atomic E-state index is 9.43. The van der Waals surface area contributed by atoms with E-state index in [4.69, 9.17) is 38.9 Å². The Kier molecular flexibility index (Phi) is 11.2. The molecule has 2 fully saturated rings. The van der Waals surface area contributed by atoms with Crippen LogP contribution in [0.4, 0.5) is 11.6 Å². The fourth-order valence-electron chi connectivity index (χ4n) is 6.46. The van der Waals surface area contributed by atoms with Crippen LogP contribution in [-0.2, 0) is 12.8 Å². The molecule has 282 valence electrons. The van der Waals surface area contributed by atoms with E-state index in [-0.39, 0.29) is 0 Å². The first-order valence-corrected chi connectivity index (χ1v) is 19.7.